The van der Waals surface area contributed by atoms with Gasteiger partial charge in [0, 0.05) is 11.9 Å². The van der Waals surface area contributed by atoms with Crippen molar-refractivity contribution in [1.82, 2.24) is 9.97 Å². The lowest BCUT2D eigenvalue weighted by molar-refractivity contribution is -0.137. The summed E-state index contributed by atoms with van der Waals surface area (Å²) in [5.74, 6) is 0. The number of alkyl halides is 3. The van der Waals surface area contributed by atoms with Gasteiger partial charge in [-0.3, -0.25) is 0 Å². The number of benzene rings is 1. The number of hydrogen-bond donors (Lipinski definition) is 1. The summed E-state index contributed by atoms with van der Waals surface area (Å²) >= 11 is 4.82. The van der Waals surface area contributed by atoms with Crippen molar-refractivity contribution in [3.8, 4) is 11.3 Å². The number of nitrogens with zero attached hydrogens (tertiary/aromatic N) is 1. The van der Waals surface area contributed by atoms with Gasteiger partial charge >= 0.3 is 6.18 Å². The fraction of sp³-hybridized carbons (Fsp3) is 0.0909. The first-order valence-electron chi connectivity index (χ1n) is 4.70. The Morgan fingerprint density at radius 2 is 1.94 bits per heavy atom. The Kier molecular flexibility index (Phi) is 2.97. The van der Waals surface area contributed by atoms with Crippen LogP contribution < -0.4 is 0 Å². The molecule has 2 rings (SSSR count). The average Bonchev–Trinajstić information content (AvgIpc) is 2.28. The molecule has 1 heterocycles. The molecule has 0 saturated carbocycles. The predicted molar refractivity (Wildman–Crippen MR) is 59.9 cm³/mol. The zero-order valence-electron chi connectivity index (χ0n) is 8.45. The maximum Gasteiger partial charge on any atom is 0.416 e. The quantitative estimate of drug-likeness (QED) is 0.786. The van der Waals surface area contributed by atoms with E-state index in [-0.39, 0.29) is 4.77 Å². The average molecular weight is 256 g/mol. The molecule has 17 heavy (non-hydrogen) atoms. The summed E-state index contributed by atoms with van der Waals surface area (Å²) in [6, 6.07) is 6.61. The third-order valence-corrected chi connectivity index (χ3v) is 2.38. The summed E-state index contributed by atoms with van der Waals surface area (Å²) in [6.45, 7) is 0. The maximum absolute atomic E-state index is 12.5. The summed E-state index contributed by atoms with van der Waals surface area (Å²) in [5.41, 5.74) is 0.246. The van der Waals surface area contributed by atoms with Gasteiger partial charge in [-0.2, -0.15) is 13.2 Å². The van der Waals surface area contributed by atoms with Crippen LogP contribution in [0.1, 0.15) is 5.56 Å². The number of aromatic amines is 1. The van der Waals surface area contributed by atoms with Gasteiger partial charge in [0.05, 0.1) is 5.56 Å². The zero-order chi connectivity index (χ0) is 12.5. The molecule has 1 N–H and O–H groups in total. The molecule has 0 fully saturated rings. The molecule has 2 nitrogen and oxygen atoms in total. The Morgan fingerprint density at radius 1 is 1.18 bits per heavy atom. The Bertz CT molecular complexity index is 590. The van der Waals surface area contributed by atoms with Crippen LogP contribution in [0.4, 0.5) is 13.2 Å². The minimum absolute atomic E-state index is 0.236. The summed E-state index contributed by atoms with van der Waals surface area (Å²) in [4.78, 5) is 6.51. The van der Waals surface area contributed by atoms with Crippen LogP contribution in [0.15, 0.2) is 36.5 Å². The molecule has 2 aromatic rings. The second kappa shape index (κ2) is 4.29. The van der Waals surface area contributed by atoms with Gasteiger partial charge in [-0.1, -0.05) is 12.1 Å². The number of halogens is 3. The lowest BCUT2D eigenvalue weighted by atomic mass is 10.1. The molecule has 0 aliphatic carbocycles. The highest BCUT2D eigenvalue weighted by Gasteiger charge is 2.30. The molecule has 1 aromatic heterocycles. The Balaban J connectivity index is 2.51. The Hall–Kier alpha value is -1.69. The molecule has 1 aromatic carbocycles. The third kappa shape index (κ3) is 2.71. The molecule has 0 unspecified atom stereocenters. The van der Waals surface area contributed by atoms with E-state index in [4.69, 9.17) is 12.2 Å². The van der Waals surface area contributed by atoms with Gasteiger partial charge in [0.15, 0.2) is 4.77 Å². The van der Waals surface area contributed by atoms with Crippen molar-refractivity contribution < 1.29 is 13.2 Å². The van der Waals surface area contributed by atoms with Crippen molar-refractivity contribution in [2.45, 2.75) is 6.18 Å². The van der Waals surface area contributed by atoms with E-state index in [1.165, 1.54) is 12.3 Å². The molecule has 0 saturated heterocycles. The van der Waals surface area contributed by atoms with Crippen molar-refractivity contribution in [2.75, 3.05) is 0 Å². The molecule has 0 aliphatic rings. The molecule has 6 heteroatoms. The Morgan fingerprint density at radius 3 is 2.59 bits per heavy atom. The van der Waals surface area contributed by atoms with Gasteiger partial charge < -0.3 is 4.98 Å². The largest absolute Gasteiger partial charge is 0.416 e. The predicted octanol–water partition coefficient (Wildman–Crippen LogP) is 3.82. The summed E-state index contributed by atoms with van der Waals surface area (Å²) in [7, 11) is 0. The highest BCUT2D eigenvalue weighted by Crippen LogP contribution is 2.31. The second-order valence-corrected chi connectivity index (χ2v) is 3.75. The van der Waals surface area contributed by atoms with E-state index in [2.05, 4.69) is 9.97 Å². The standard InChI is InChI=1S/C11H7F3N2S/c12-11(13,14)8-3-1-2-7(6-8)9-4-5-15-10(17)16-9/h1-6H,(H,15,16,17). The van der Waals surface area contributed by atoms with E-state index in [9.17, 15) is 13.2 Å². The van der Waals surface area contributed by atoms with Gasteiger partial charge in [0.1, 0.15) is 0 Å². The van der Waals surface area contributed by atoms with Crippen LogP contribution in [0.3, 0.4) is 0 Å². The van der Waals surface area contributed by atoms with Crippen molar-refractivity contribution in [1.29, 1.82) is 0 Å². The first kappa shape index (κ1) is 11.8. The van der Waals surface area contributed by atoms with Crippen LogP contribution in [-0.2, 0) is 6.18 Å². The molecular weight excluding hydrogens is 249 g/mol. The van der Waals surface area contributed by atoms with Crippen LogP contribution >= 0.6 is 12.2 Å². The number of hydrogen-bond acceptors (Lipinski definition) is 2. The Labute approximate surface area is 100 Å². The first-order valence-corrected chi connectivity index (χ1v) is 5.10. The fourth-order valence-corrected chi connectivity index (χ4v) is 1.57. The number of aromatic nitrogens is 2. The van der Waals surface area contributed by atoms with Gasteiger partial charge in [0.2, 0.25) is 0 Å². The molecule has 0 aliphatic heterocycles. The van der Waals surface area contributed by atoms with Crippen molar-refractivity contribution in [3.05, 3.63) is 46.9 Å². The van der Waals surface area contributed by atoms with Crippen molar-refractivity contribution >= 4 is 12.2 Å². The zero-order valence-corrected chi connectivity index (χ0v) is 9.27. The van der Waals surface area contributed by atoms with E-state index in [1.807, 2.05) is 0 Å². The summed E-state index contributed by atoms with van der Waals surface area (Å²) in [6.07, 6.45) is -2.89. The van der Waals surface area contributed by atoms with E-state index < -0.39 is 11.7 Å². The minimum Gasteiger partial charge on any atom is -0.330 e. The topological polar surface area (TPSA) is 28.7 Å². The van der Waals surface area contributed by atoms with Gasteiger partial charge in [-0.15, -0.1) is 0 Å². The molecule has 88 valence electrons. The third-order valence-electron chi connectivity index (χ3n) is 2.18. The molecule has 0 bridgehead atoms. The van der Waals surface area contributed by atoms with Gasteiger partial charge in [-0.25, -0.2) is 4.98 Å². The lowest BCUT2D eigenvalue weighted by Gasteiger charge is -2.08. The van der Waals surface area contributed by atoms with Crippen molar-refractivity contribution in [3.63, 3.8) is 0 Å². The van der Waals surface area contributed by atoms with Crippen molar-refractivity contribution in [2.24, 2.45) is 0 Å². The smallest absolute Gasteiger partial charge is 0.330 e. The number of nitrogens with one attached hydrogen (secondary N) is 1. The molecule has 0 radical (unpaired) electrons. The van der Waals surface area contributed by atoms with Crippen LogP contribution in [-0.4, -0.2) is 9.97 Å². The monoisotopic (exact) mass is 256 g/mol. The fourth-order valence-electron chi connectivity index (χ4n) is 1.40. The molecular formula is C11H7F3N2S. The highest BCUT2D eigenvalue weighted by atomic mass is 32.1. The summed E-state index contributed by atoms with van der Waals surface area (Å²) in [5, 5.41) is 0. The highest BCUT2D eigenvalue weighted by molar-refractivity contribution is 7.71. The van der Waals surface area contributed by atoms with E-state index >= 15 is 0 Å². The molecule has 0 amide bonds. The van der Waals surface area contributed by atoms with Gasteiger partial charge in [0.25, 0.3) is 0 Å². The maximum atomic E-state index is 12.5. The van der Waals surface area contributed by atoms with Gasteiger partial charge in [-0.05, 0) is 36.0 Å². The van der Waals surface area contributed by atoms with E-state index in [0.29, 0.717) is 11.3 Å². The first-order chi connectivity index (χ1) is 7.97. The SMILES string of the molecule is FC(F)(F)c1cccc(-c2ccnc(=S)[nH]2)c1. The lowest BCUT2D eigenvalue weighted by Crippen LogP contribution is -2.04. The van der Waals surface area contributed by atoms with Crippen LogP contribution in [0.5, 0.6) is 0 Å². The molecule has 0 spiro atoms. The number of H-pyrrole nitrogens is 1. The molecule has 0 atom stereocenters. The van der Waals surface area contributed by atoms with Crippen LogP contribution in [0.25, 0.3) is 11.3 Å². The number of rotatable bonds is 1. The van der Waals surface area contributed by atoms with Crippen LogP contribution in [0.2, 0.25) is 0 Å². The summed E-state index contributed by atoms with van der Waals surface area (Å²) < 4.78 is 37.8. The normalized spacial score (nSPS) is 11.5. The minimum atomic E-state index is -4.35. The van der Waals surface area contributed by atoms with Crippen LogP contribution in [0, 0.1) is 4.77 Å². The second-order valence-electron chi connectivity index (χ2n) is 3.37. The van der Waals surface area contributed by atoms with E-state index in [0.717, 1.165) is 12.1 Å². The van der Waals surface area contributed by atoms with E-state index in [1.54, 1.807) is 12.1 Å².